The van der Waals surface area contributed by atoms with Crippen LogP contribution in [0.2, 0.25) is 0 Å². The van der Waals surface area contributed by atoms with Gasteiger partial charge in [-0.2, -0.15) is 10.5 Å². The van der Waals surface area contributed by atoms with Crippen molar-refractivity contribution in [2.24, 2.45) is 17.8 Å². The second-order valence-corrected chi connectivity index (χ2v) is 7.72. The predicted octanol–water partition coefficient (Wildman–Crippen LogP) is 2.08. The Morgan fingerprint density at radius 1 is 1.00 bits per heavy atom. The molecule has 0 spiro atoms. The van der Waals surface area contributed by atoms with Gasteiger partial charge in [0.2, 0.25) is 0 Å². The second kappa shape index (κ2) is 7.04. The van der Waals surface area contributed by atoms with Crippen LogP contribution in [-0.4, -0.2) is 55.7 Å². The molecule has 1 saturated carbocycles. The molecule has 1 aromatic rings. The Bertz CT molecular complexity index is 701. The molecular weight excluding hydrogens is 312 g/mol. The van der Waals surface area contributed by atoms with E-state index in [4.69, 9.17) is 10.00 Å². The van der Waals surface area contributed by atoms with Crippen LogP contribution in [0.5, 0.6) is 5.75 Å². The minimum atomic E-state index is 0.438. The van der Waals surface area contributed by atoms with Crippen molar-refractivity contribution in [2.75, 3.05) is 45.9 Å². The Labute approximate surface area is 149 Å². The Morgan fingerprint density at radius 3 is 2.36 bits per heavy atom. The number of fused-ring (bicyclic) bond motifs is 1. The van der Waals surface area contributed by atoms with E-state index in [0.29, 0.717) is 23.5 Å². The third kappa shape index (κ3) is 3.79. The van der Waals surface area contributed by atoms with E-state index < -0.39 is 0 Å². The summed E-state index contributed by atoms with van der Waals surface area (Å²) in [4.78, 5) is 5.18. The zero-order chi connectivity index (χ0) is 17.2. The summed E-state index contributed by atoms with van der Waals surface area (Å²) in [6, 6.07) is 9.18. The van der Waals surface area contributed by atoms with E-state index in [1.165, 1.54) is 45.6 Å². The van der Waals surface area contributed by atoms with E-state index in [0.717, 1.165) is 24.3 Å². The molecule has 2 heterocycles. The van der Waals surface area contributed by atoms with Crippen LogP contribution in [0.1, 0.15) is 24.0 Å². The number of hydrogen-bond donors (Lipinski definition) is 0. The zero-order valence-electron chi connectivity index (χ0n) is 14.5. The molecule has 2 atom stereocenters. The van der Waals surface area contributed by atoms with E-state index in [2.05, 4.69) is 21.9 Å². The summed E-state index contributed by atoms with van der Waals surface area (Å²) >= 11 is 0. The van der Waals surface area contributed by atoms with Crippen molar-refractivity contribution >= 4 is 0 Å². The third-order valence-electron chi connectivity index (χ3n) is 5.75. The molecule has 3 fully saturated rings. The molecule has 2 aliphatic heterocycles. The lowest BCUT2D eigenvalue weighted by Crippen LogP contribution is -2.32. The summed E-state index contributed by atoms with van der Waals surface area (Å²) in [5, 5.41) is 18.1. The third-order valence-corrected chi connectivity index (χ3v) is 5.75. The van der Waals surface area contributed by atoms with E-state index in [9.17, 15) is 5.26 Å². The molecule has 0 radical (unpaired) electrons. The molecule has 0 amide bonds. The first-order chi connectivity index (χ1) is 12.2. The standard InChI is InChI=1S/C20H24N4O/c21-8-16-3-4-20(17(7-16)9-22)25-6-5-23-11-18-13-24(10-15-1-2-15)14-19(18)12-23/h3-4,7,15,18-19H,1-2,5-6,10-14H2. The monoisotopic (exact) mass is 336 g/mol. The summed E-state index contributed by atoms with van der Waals surface area (Å²) in [6.45, 7) is 7.71. The van der Waals surface area contributed by atoms with Gasteiger partial charge in [0, 0.05) is 39.3 Å². The maximum atomic E-state index is 9.20. The average Bonchev–Trinajstić information content (AvgIpc) is 3.24. The highest BCUT2D eigenvalue weighted by atomic mass is 16.5. The minimum absolute atomic E-state index is 0.438. The van der Waals surface area contributed by atoms with Gasteiger partial charge in [0.25, 0.3) is 0 Å². The summed E-state index contributed by atoms with van der Waals surface area (Å²) < 4.78 is 5.81. The molecular formula is C20H24N4O. The van der Waals surface area contributed by atoms with Gasteiger partial charge in [0.15, 0.2) is 0 Å². The molecule has 2 unspecified atom stereocenters. The van der Waals surface area contributed by atoms with Crippen LogP contribution in [-0.2, 0) is 0 Å². The van der Waals surface area contributed by atoms with E-state index in [1.807, 2.05) is 0 Å². The Kier molecular flexibility index (Phi) is 4.61. The maximum absolute atomic E-state index is 9.20. The fourth-order valence-corrected chi connectivity index (χ4v) is 4.28. The topological polar surface area (TPSA) is 63.3 Å². The highest BCUT2D eigenvalue weighted by Crippen LogP contribution is 2.35. The van der Waals surface area contributed by atoms with Crippen molar-refractivity contribution in [1.29, 1.82) is 10.5 Å². The summed E-state index contributed by atoms with van der Waals surface area (Å²) in [6.07, 6.45) is 2.88. The summed E-state index contributed by atoms with van der Waals surface area (Å²) in [7, 11) is 0. The Hall–Kier alpha value is -2.08. The van der Waals surface area contributed by atoms with Crippen LogP contribution in [0.4, 0.5) is 0 Å². The first kappa shape index (κ1) is 16.4. The largest absolute Gasteiger partial charge is 0.491 e. The van der Waals surface area contributed by atoms with Gasteiger partial charge in [0.1, 0.15) is 18.4 Å². The lowest BCUT2D eigenvalue weighted by Gasteiger charge is -2.21. The highest BCUT2D eigenvalue weighted by molar-refractivity contribution is 5.48. The smallest absolute Gasteiger partial charge is 0.137 e. The van der Waals surface area contributed by atoms with Crippen molar-refractivity contribution < 1.29 is 4.74 Å². The molecule has 5 heteroatoms. The first-order valence-corrected chi connectivity index (χ1v) is 9.27. The molecule has 25 heavy (non-hydrogen) atoms. The zero-order valence-corrected chi connectivity index (χ0v) is 14.5. The van der Waals surface area contributed by atoms with Gasteiger partial charge in [0.05, 0.1) is 17.2 Å². The second-order valence-electron chi connectivity index (χ2n) is 7.72. The molecule has 0 N–H and O–H groups in total. The molecule has 1 aromatic carbocycles. The van der Waals surface area contributed by atoms with E-state index in [1.54, 1.807) is 18.2 Å². The van der Waals surface area contributed by atoms with Crippen molar-refractivity contribution in [1.82, 2.24) is 9.80 Å². The van der Waals surface area contributed by atoms with Crippen LogP contribution in [0.25, 0.3) is 0 Å². The fourth-order valence-electron chi connectivity index (χ4n) is 4.28. The number of likely N-dealkylation sites (tertiary alicyclic amines) is 2. The molecule has 1 aliphatic carbocycles. The van der Waals surface area contributed by atoms with Crippen LogP contribution >= 0.6 is 0 Å². The normalized spacial score (nSPS) is 26.2. The molecule has 0 bridgehead atoms. The summed E-state index contributed by atoms with van der Waals surface area (Å²) in [5.41, 5.74) is 0.931. The number of hydrogen-bond acceptors (Lipinski definition) is 5. The van der Waals surface area contributed by atoms with E-state index >= 15 is 0 Å². The first-order valence-electron chi connectivity index (χ1n) is 9.27. The number of benzene rings is 1. The number of nitrogens with zero attached hydrogens (tertiary/aromatic N) is 4. The van der Waals surface area contributed by atoms with Gasteiger partial charge >= 0.3 is 0 Å². The van der Waals surface area contributed by atoms with Gasteiger partial charge in [-0.25, -0.2) is 0 Å². The van der Waals surface area contributed by atoms with Gasteiger partial charge in [-0.3, -0.25) is 4.90 Å². The van der Waals surface area contributed by atoms with Crippen molar-refractivity contribution in [2.45, 2.75) is 12.8 Å². The Balaban J connectivity index is 1.23. The molecule has 0 aromatic heterocycles. The van der Waals surface area contributed by atoms with Crippen LogP contribution in [0.3, 0.4) is 0 Å². The lowest BCUT2D eigenvalue weighted by molar-refractivity contribution is 0.209. The molecule has 5 nitrogen and oxygen atoms in total. The number of ether oxygens (including phenoxy) is 1. The molecule has 4 rings (SSSR count). The van der Waals surface area contributed by atoms with Gasteiger partial charge < -0.3 is 9.64 Å². The molecule has 130 valence electrons. The van der Waals surface area contributed by atoms with Gasteiger partial charge in [-0.05, 0) is 48.8 Å². The average molecular weight is 336 g/mol. The van der Waals surface area contributed by atoms with Gasteiger partial charge in [-0.15, -0.1) is 0 Å². The van der Waals surface area contributed by atoms with Crippen LogP contribution in [0.15, 0.2) is 18.2 Å². The summed E-state index contributed by atoms with van der Waals surface area (Å²) in [5.74, 6) is 3.22. The molecule has 3 aliphatic rings. The minimum Gasteiger partial charge on any atom is -0.491 e. The van der Waals surface area contributed by atoms with Crippen molar-refractivity contribution in [3.63, 3.8) is 0 Å². The van der Waals surface area contributed by atoms with Crippen LogP contribution in [0, 0.1) is 40.4 Å². The van der Waals surface area contributed by atoms with Gasteiger partial charge in [-0.1, -0.05) is 0 Å². The van der Waals surface area contributed by atoms with Crippen molar-refractivity contribution in [3.8, 4) is 17.9 Å². The number of rotatable bonds is 6. The van der Waals surface area contributed by atoms with Crippen molar-refractivity contribution in [3.05, 3.63) is 29.3 Å². The fraction of sp³-hybridized carbons (Fsp3) is 0.600. The number of nitriles is 2. The molecule has 2 saturated heterocycles. The van der Waals surface area contributed by atoms with Crippen LogP contribution < -0.4 is 4.74 Å². The predicted molar refractivity (Wildman–Crippen MR) is 94.0 cm³/mol. The van der Waals surface area contributed by atoms with E-state index in [-0.39, 0.29) is 0 Å². The lowest BCUT2D eigenvalue weighted by atomic mass is 10.0. The Morgan fingerprint density at radius 2 is 1.72 bits per heavy atom. The highest BCUT2D eigenvalue weighted by Gasteiger charge is 2.40. The quantitative estimate of drug-likeness (QED) is 0.796. The maximum Gasteiger partial charge on any atom is 0.137 e. The SMILES string of the molecule is N#Cc1ccc(OCCN2CC3CN(CC4CC4)CC3C2)c(C#N)c1.